The van der Waals surface area contributed by atoms with Crippen molar-refractivity contribution in [2.24, 2.45) is 11.7 Å². The van der Waals surface area contributed by atoms with Crippen molar-refractivity contribution < 1.29 is 9.90 Å². The molecule has 3 heteroatoms. The fourth-order valence-electron chi connectivity index (χ4n) is 0.670. The highest BCUT2D eigenvalue weighted by atomic mass is 16.4. The molecular formula is C11H17NO2. The predicted octanol–water partition coefficient (Wildman–Crippen LogP) is 1.74. The van der Waals surface area contributed by atoms with Crippen LogP contribution in [0.5, 0.6) is 0 Å². The summed E-state index contributed by atoms with van der Waals surface area (Å²) in [5, 5.41) is 8.23. The largest absolute Gasteiger partial charge is 0.480 e. The number of carboxylic acids is 1. The number of carboxylic acid groups (broad SMARTS) is 1. The Balaban J connectivity index is 0.000000249. The van der Waals surface area contributed by atoms with E-state index < -0.39 is 12.0 Å². The van der Waals surface area contributed by atoms with Crippen LogP contribution in [0.15, 0.2) is 36.4 Å². The molecule has 3 nitrogen and oxygen atoms in total. The second-order valence-corrected chi connectivity index (χ2v) is 3.26. The number of aliphatic carboxylic acids is 1. The summed E-state index contributed by atoms with van der Waals surface area (Å²) in [6.45, 7) is 3.55. The van der Waals surface area contributed by atoms with Gasteiger partial charge in [-0.2, -0.15) is 0 Å². The first-order valence-electron chi connectivity index (χ1n) is 4.54. The van der Waals surface area contributed by atoms with E-state index in [0.717, 1.165) is 0 Å². The third-order valence-electron chi connectivity index (χ3n) is 1.67. The Morgan fingerprint density at radius 2 is 1.36 bits per heavy atom. The van der Waals surface area contributed by atoms with E-state index in [9.17, 15) is 4.79 Å². The first-order chi connectivity index (χ1) is 6.55. The fraction of sp³-hybridized carbons (Fsp3) is 0.364. The van der Waals surface area contributed by atoms with Crippen LogP contribution in [-0.4, -0.2) is 17.1 Å². The van der Waals surface area contributed by atoms with Gasteiger partial charge in [0.05, 0.1) is 0 Å². The molecule has 1 atom stereocenters. The summed E-state index contributed by atoms with van der Waals surface area (Å²) in [5.41, 5.74) is 5.16. The van der Waals surface area contributed by atoms with Gasteiger partial charge in [0, 0.05) is 0 Å². The van der Waals surface area contributed by atoms with E-state index in [2.05, 4.69) is 0 Å². The molecule has 1 aromatic carbocycles. The molecule has 14 heavy (non-hydrogen) atoms. The van der Waals surface area contributed by atoms with Gasteiger partial charge in [-0.1, -0.05) is 50.2 Å². The van der Waals surface area contributed by atoms with E-state index in [1.807, 2.05) is 36.4 Å². The molecule has 3 N–H and O–H groups in total. The first kappa shape index (κ1) is 12.7. The minimum atomic E-state index is -0.931. The molecule has 1 rings (SSSR count). The summed E-state index contributed by atoms with van der Waals surface area (Å²) in [6.07, 6.45) is 0. The van der Waals surface area contributed by atoms with Crippen molar-refractivity contribution in [3.8, 4) is 0 Å². The van der Waals surface area contributed by atoms with Crippen LogP contribution in [0, 0.1) is 5.92 Å². The zero-order chi connectivity index (χ0) is 11.0. The lowest BCUT2D eigenvalue weighted by Crippen LogP contribution is -2.34. The first-order valence-corrected chi connectivity index (χ1v) is 4.54. The van der Waals surface area contributed by atoms with Crippen molar-refractivity contribution in [2.75, 3.05) is 0 Å². The van der Waals surface area contributed by atoms with E-state index >= 15 is 0 Å². The van der Waals surface area contributed by atoms with Gasteiger partial charge in [-0.25, -0.2) is 0 Å². The van der Waals surface area contributed by atoms with Crippen LogP contribution >= 0.6 is 0 Å². The number of nitrogens with two attached hydrogens (primary N) is 1. The third-order valence-corrected chi connectivity index (χ3v) is 1.67. The average molecular weight is 195 g/mol. The Bertz CT molecular complexity index is 220. The van der Waals surface area contributed by atoms with Gasteiger partial charge in [-0.3, -0.25) is 4.79 Å². The van der Waals surface area contributed by atoms with Crippen molar-refractivity contribution in [1.29, 1.82) is 0 Å². The molecule has 1 aromatic rings. The van der Waals surface area contributed by atoms with Gasteiger partial charge in [0.15, 0.2) is 0 Å². The molecule has 0 amide bonds. The normalized spacial score (nSPS) is 11.4. The zero-order valence-corrected chi connectivity index (χ0v) is 8.55. The number of rotatable bonds is 2. The van der Waals surface area contributed by atoms with E-state index in [1.54, 1.807) is 13.8 Å². The number of hydrogen-bond donors (Lipinski definition) is 2. The Morgan fingerprint density at radius 3 is 1.43 bits per heavy atom. The fourth-order valence-corrected chi connectivity index (χ4v) is 0.670. The van der Waals surface area contributed by atoms with Gasteiger partial charge >= 0.3 is 5.97 Å². The SMILES string of the molecule is CC(C)C(N)C(=O)O.c1ccccc1. The monoisotopic (exact) mass is 195 g/mol. The summed E-state index contributed by atoms with van der Waals surface area (Å²) >= 11 is 0. The summed E-state index contributed by atoms with van der Waals surface area (Å²) in [5.74, 6) is -0.910. The molecule has 0 heterocycles. The van der Waals surface area contributed by atoms with Crippen molar-refractivity contribution in [3.05, 3.63) is 36.4 Å². The van der Waals surface area contributed by atoms with Crippen molar-refractivity contribution in [2.45, 2.75) is 19.9 Å². The quantitative estimate of drug-likeness (QED) is 0.755. The standard InChI is InChI=1S/C6H6.C5H11NO2/c1-2-4-6-5-3-1;1-3(2)4(6)5(7)8/h1-6H;3-4H,6H2,1-2H3,(H,7,8). The van der Waals surface area contributed by atoms with E-state index in [-0.39, 0.29) is 5.92 Å². The van der Waals surface area contributed by atoms with Gasteiger partial charge in [0.1, 0.15) is 6.04 Å². The van der Waals surface area contributed by atoms with Crippen molar-refractivity contribution in [3.63, 3.8) is 0 Å². The maximum atomic E-state index is 10.0. The maximum Gasteiger partial charge on any atom is 0.320 e. The van der Waals surface area contributed by atoms with Gasteiger partial charge in [-0.05, 0) is 5.92 Å². The molecule has 0 aromatic heterocycles. The second-order valence-electron chi connectivity index (χ2n) is 3.26. The molecular weight excluding hydrogens is 178 g/mol. The molecule has 78 valence electrons. The minimum Gasteiger partial charge on any atom is -0.480 e. The lowest BCUT2D eigenvalue weighted by molar-refractivity contribution is -0.139. The maximum absolute atomic E-state index is 10.0. The summed E-state index contributed by atoms with van der Waals surface area (Å²) in [7, 11) is 0. The van der Waals surface area contributed by atoms with Crippen molar-refractivity contribution in [1.82, 2.24) is 0 Å². The molecule has 0 aliphatic heterocycles. The van der Waals surface area contributed by atoms with Crippen LogP contribution in [0.2, 0.25) is 0 Å². The molecule has 0 bridgehead atoms. The van der Waals surface area contributed by atoms with Crippen LogP contribution in [0.25, 0.3) is 0 Å². The highest BCUT2D eigenvalue weighted by Crippen LogP contribution is 1.96. The van der Waals surface area contributed by atoms with E-state index in [0.29, 0.717) is 0 Å². The lowest BCUT2D eigenvalue weighted by Gasteiger charge is -2.07. The summed E-state index contributed by atoms with van der Waals surface area (Å²) in [6, 6.07) is 11.3. The highest BCUT2D eigenvalue weighted by Gasteiger charge is 2.14. The molecule has 0 aliphatic carbocycles. The third kappa shape index (κ3) is 6.20. The lowest BCUT2D eigenvalue weighted by atomic mass is 10.1. The smallest absolute Gasteiger partial charge is 0.320 e. The summed E-state index contributed by atoms with van der Waals surface area (Å²) in [4.78, 5) is 10.0. The molecule has 0 saturated heterocycles. The molecule has 0 fully saturated rings. The number of benzene rings is 1. The van der Waals surface area contributed by atoms with Gasteiger partial charge in [0.25, 0.3) is 0 Å². The van der Waals surface area contributed by atoms with Crippen LogP contribution in [0.1, 0.15) is 13.8 Å². The Hall–Kier alpha value is -1.35. The molecule has 0 aliphatic rings. The molecule has 0 spiro atoms. The Labute approximate surface area is 84.6 Å². The van der Waals surface area contributed by atoms with Crippen molar-refractivity contribution >= 4 is 5.97 Å². The second kappa shape index (κ2) is 7.09. The predicted molar refractivity (Wildman–Crippen MR) is 56.9 cm³/mol. The Morgan fingerprint density at radius 1 is 1.07 bits per heavy atom. The van der Waals surface area contributed by atoms with Gasteiger partial charge in [-0.15, -0.1) is 0 Å². The molecule has 1 unspecified atom stereocenters. The van der Waals surface area contributed by atoms with Gasteiger partial charge in [0.2, 0.25) is 0 Å². The average Bonchev–Trinajstić information content (AvgIpc) is 2.20. The number of carbonyl (C=O) groups is 1. The number of hydrogen-bond acceptors (Lipinski definition) is 2. The van der Waals surface area contributed by atoms with E-state index in [4.69, 9.17) is 10.8 Å². The highest BCUT2D eigenvalue weighted by molar-refractivity contribution is 5.73. The topological polar surface area (TPSA) is 63.3 Å². The van der Waals surface area contributed by atoms with Crippen LogP contribution in [0.4, 0.5) is 0 Å². The summed E-state index contributed by atoms with van der Waals surface area (Å²) < 4.78 is 0. The molecule has 0 saturated carbocycles. The molecule has 0 radical (unpaired) electrons. The van der Waals surface area contributed by atoms with Crippen LogP contribution < -0.4 is 5.73 Å². The minimum absolute atomic E-state index is 0.0208. The zero-order valence-electron chi connectivity index (χ0n) is 8.55. The van der Waals surface area contributed by atoms with E-state index in [1.165, 1.54) is 0 Å². The van der Waals surface area contributed by atoms with Crippen LogP contribution in [-0.2, 0) is 4.79 Å². The Kier molecular flexibility index (Phi) is 6.41. The van der Waals surface area contributed by atoms with Gasteiger partial charge < -0.3 is 10.8 Å². The van der Waals surface area contributed by atoms with Crippen LogP contribution in [0.3, 0.4) is 0 Å².